The fraction of sp³-hybridized carbons (Fsp3) is 0.545. The summed E-state index contributed by atoms with van der Waals surface area (Å²) in [7, 11) is 0. The number of nitrogen functional groups attached to an aromatic ring is 1. The highest BCUT2D eigenvalue weighted by molar-refractivity contribution is 5.76. The number of nitrogens with one attached hydrogen (secondary N) is 2. The van der Waals surface area contributed by atoms with Crippen LogP contribution < -0.4 is 16.6 Å². The van der Waals surface area contributed by atoms with Crippen molar-refractivity contribution in [2.75, 3.05) is 43.6 Å². The van der Waals surface area contributed by atoms with Crippen LogP contribution in [-0.4, -0.2) is 53.6 Å². The number of aromatic nitrogens is 2. The van der Waals surface area contributed by atoms with Crippen LogP contribution in [-0.2, 0) is 9.53 Å². The Bertz CT molecular complexity index is 421. The van der Waals surface area contributed by atoms with Gasteiger partial charge in [0.1, 0.15) is 18.0 Å². The number of carbonyl (C=O) groups is 1. The molecule has 0 radical (unpaired) electrons. The normalized spacial score (nSPS) is 15.1. The summed E-state index contributed by atoms with van der Waals surface area (Å²) >= 11 is 0. The van der Waals surface area contributed by atoms with E-state index in [-0.39, 0.29) is 5.91 Å². The number of nitrogens with zero attached hydrogens (tertiary/aromatic N) is 3. The Labute approximate surface area is 111 Å². The molecule has 8 nitrogen and oxygen atoms in total. The van der Waals surface area contributed by atoms with Crippen molar-refractivity contribution < 1.29 is 9.53 Å². The maximum Gasteiger partial charge on any atom is 0.224 e. The first kappa shape index (κ1) is 13.5. The Morgan fingerprint density at radius 2 is 2.11 bits per heavy atom. The molecule has 0 aliphatic carbocycles. The van der Waals surface area contributed by atoms with E-state index in [9.17, 15) is 4.79 Å². The summed E-state index contributed by atoms with van der Waals surface area (Å²) < 4.78 is 5.20. The minimum Gasteiger partial charge on any atom is -0.378 e. The molecule has 2 rings (SSSR count). The fourth-order valence-corrected chi connectivity index (χ4v) is 1.80. The van der Waals surface area contributed by atoms with Gasteiger partial charge < -0.3 is 20.4 Å². The molecule has 1 aliphatic heterocycles. The minimum absolute atomic E-state index is 0.127. The van der Waals surface area contributed by atoms with Crippen molar-refractivity contribution in [3.05, 3.63) is 12.4 Å². The first-order valence-corrected chi connectivity index (χ1v) is 6.17. The topological polar surface area (TPSA) is 105 Å². The molecule has 0 bridgehead atoms. The van der Waals surface area contributed by atoms with Gasteiger partial charge in [0.15, 0.2) is 0 Å². The summed E-state index contributed by atoms with van der Waals surface area (Å²) in [5, 5.41) is 3.06. The monoisotopic (exact) mass is 266 g/mol. The van der Waals surface area contributed by atoms with Gasteiger partial charge in [0.25, 0.3) is 0 Å². The Morgan fingerprint density at radius 1 is 1.37 bits per heavy atom. The molecule has 0 spiro atoms. The van der Waals surface area contributed by atoms with Crippen molar-refractivity contribution in [3.8, 4) is 0 Å². The van der Waals surface area contributed by atoms with Gasteiger partial charge in [-0.1, -0.05) is 0 Å². The molecule has 0 unspecified atom stereocenters. The minimum atomic E-state index is 0.127. The average Bonchev–Trinajstić information content (AvgIpc) is 2.48. The van der Waals surface area contributed by atoms with Crippen LogP contribution in [0.4, 0.5) is 11.6 Å². The van der Waals surface area contributed by atoms with E-state index in [0.29, 0.717) is 50.9 Å². The van der Waals surface area contributed by atoms with Crippen molar-refractivity contribution in [1.29, 1.82) is 0 Å². The predicted molar refractivity (Wildman–Crippen MR) is 70.3 cm³/mol. The molecule has 19 heavy (non-hydrogen) atoms. The molecule has 1 aromatic rings. The highest BCUT2D eigenvalue weighted by atomic mass is 16.5. The maximum absolute atomic E-state index is 11.9. The third-order valence-corrected chi connectivity index (χ3v) is 2.82. The zero-order chi connectivity index (χ0) is 13.5. The molecular weight excluding hydrogens is 248 g/mol. The van der Waals surface area contributed by atoms with Crippen LogP contribution in [0, 0.1) is 0 Å². The third kappa shape index (κ3) is 4.04. The lowest BCUT2D eigenvalue weighted by molar-refractivity contribution is -0.134. The lowest BCUT2D eigenvalue weighted by atomic mass is 10.3. The molecule has 0 aromatic carbocycles. The summed E-state index contributed by atoms with van der Waals surface area (Å²) in [4.78, 5) is 21.6. The molecule has 1 aromatic heterocycles. The van der Waals surface area contributed by atoms with E-state index in [2.05, 4.69) is 20.7 Å². The number of nitrogens with two attached hydrogens (primary N) is 1. The molecule has 1 amide bonds. The Morgan fingerprint density at radius 3 is 2.84 bits per heavy atom. The molecule has 1 aliphatic rings. The second-order valence-corrected chi connectivity index (χ2v) is 4.10. The summed E-state index contributed by atoms with van der Waals surface area (Å²) in [6.07, 6.45) is 1.83. The van der Waals surface area contributed by atoms with Gasteiger partial charge in [-0.2, -0.15) is 0 Å². The van der Waals surface area contributed by atoms with Gasteiger partial charge in [-0.05, 0) is 0 Å². The second-order valence-electron chi connectivity index (χ2n) is 4.10. The highest BCUT2D eigenvalue weighted by Gasteiger charge is 2.15. The first-order valence-electron chi connectivity index (χ1n) is 6.17. The summed E-state index contributed by atoms with van der Waals surface area (Å²) in [6.45, 7) is 3.12. The number of amides is 1. The number of hydrazine groups is 1. The molecular formula is C11H18N6O2. The van der Waals surface area contributed by atoms with E-state index in [1.807, 2.05) is 4.90 Å². The number of morpholine rings is 1. The molecule has 1 fully saturated rings. The average molecular weight is 266 g/mol. The number of rotatable bonds is 5. The predicted octanol–water partition coefficient (Wildman–Crippen LogP) is -0.577. The highest BCUT2D eigenvalue weighted by Crippen LogP contribution is 2.07. The summed E-state index contributed by atoms with van der Waals surface area (Å²) in [5.41, 5.74) is 2.44. The smallest absolute Gasteiger partial charge is 0.224 e. The van der Waals surface area contributed by atoms with Crippen LogP contribution in [0.25, 0.3) is 0 Å². The zero-order valence-corrected chi connectivity index (χ0v) is 10.6. The molecule has 104 valence electrons. The van der Waals surface area contributed by atoms with Crippen molar-refractivity contribution in [3.63, 3.8) is 0 Å². The van der Waals surface area contributed by atoms with Gasteiger partial charge in [-0.15, -0.1) is 0 Å². The number of carbonyl (C=O) groups excluding carboxylic acids is 1. The molecule has 1 saturated heterocycles. The molecule has 0 saturated carbocycles. The molecule has 0 atom stereocenters. The fourth-order valence-electron chi connectivity index (χ4n) is 1.80. The largest absolute Gasteiger partial charge is 0.378 e. The van der Waals surface area contributed by atoms with E-state index in [0.717, 1.165) is 0 Å². The van der Waals surface area contributed by atoms with Crippen LogP contribution in [0.2, 0.25) is 0 Å². The number of hydrogen-bond donors (Lipinski definition) is 3. The summed E-state index contributed by atoms with van der Waals surface area (Å²) in [6, 6.07) is 1.68. The van der Waals surface area contributed by atoms with Crippen LogP contribution in [0.1, 0.15) is 6.42 Å². The molecule has 2 heterocycles. The quantitative estimate of drug-likeness (QED) is 0.484. The van der Waals surface area contributed by atoms with E-state index in [4.69, 9.17) is 10.6 Å². The van der Waals surface area contributed by atoms with Crippen LogP contribution in [0.5, 0.6) is 0 Å². The Balaban J connectivity index is 1.74. The van der Waals surface area contributed by atoms with Crippen LogP contribution >= 0.6 is 0 Å². The maximum atomic E-state index is 11.9. The van der Waals surface area contributed by atoms with Crippen molar-refractivity contribution in [2.24, 2.45) is 5.84 Å². The van der Waals surface area contributed by atoms with Gasteiger partial charge >= 0.3 is 0 Å². The summed E-state index contributed by atoms with van der Waals surface area (Å²) in [5.74, 6) is 6.54. The van der Waals surface area contributed by atoms with Crippen molar-refractivity contribution in [2.45, 2.75) is 6.42 Å². The molecule has 4 N–H and O–H groups in total. The number of hydrogen-bond acceptors (Lipinski definition) is 7. The van der Waals surface area contributed by atoms with E-state index in [1.165, 1.54) is 6.33 Å². The zero-order valence-electron chi connectivity index (χ0n) is 10.6. The second kappa shape index (κ2) is 6.86. The van der Waals surface area contributed by atoms with Crippen molar-refractivity contribution in [1.82, 2.24) is 14.9 Å². The first-order chi connectivity index (χ1) is 9.29. The Kier molecular flexibility index (Phi) is 4.87. The van der Waals surface area contributed by atoms with Crippen LogP contribution in [0.15, 0.2) is 12.4 Å². The van der Waals surface area contributed by atoms with E-state index < -0.39 is 0 Å². The van der Waals surface area contributed by atoms with Gasteiger partial charge in [0.05, 0.1) is 13.2 Å². The van der Waals surface area contributed by atoms with Gasteiger partial charge in [-0.25, -0.2) is 15.8 Å². The number of anilines is 2. The van der Waals surface area contributed by atoms with Gasteiger partial charge in [0, 0.05) is 32.1 Å². The lowest BCUT2D eigenvalue weighted by Crippen LogP contribution is -2.41. The molecule has 8 heteroatoms. The standard InChI is InChI=1S/C11H18N6O2/c12-16-10-7-9(14-8-15-10)13-2-1-11(18)17-3-5-19-6-4-17/h7-8H,1-6,12H2,(H2,13,14,15,16). The SMILES string of the molecule is NNc1cc(NCCC(=O)N2CCOCC2)ncn1. The number of ether oxygens (including phenoxy) is 1. The van der Waals surface area contributed by atoms with E-state index in [1.54, 1.807) is 6.07 Å². The van der Waals surface area contributed by atoms with E-state index >= 15 is 0 Å². The van der Waals surface area contributed by atoms with Crippen molar-refractivity contribution >= 4 is 17.5 Å². The Hall–Kier alpha value is -1.93. The third-order valence-electron chi connectivity index (χ3n) is 2.82. The van der Waals surface area contributed by atoms with Crippen LogP contribution in [0.3, 0.4) is 0 Å². The van der Waals surface area contributed by atoms with Gasteiger partial charge in [0.2, 0.25) is 5.91 Å². The van der Waals surface area contributed by atoms with Gasteiger partial charge in [-0.3, -0.25) is 4.79 Å². The lowest BCUT2D eigenvalue weighted by Gasteiger charge is -2.26.